The van der Waals surface area contributed by atoms with Crippen molar-refractivity contribution in [3.63, 3.8) is 0 Å². The molecule has 0 amide bonds. The summed E-state index contributed by atoms with van der Waals surface area (Å²) in [6, 6.07) is 11.2. The van der Waals surface area contributed by atoms with Gasteiger partial charge in [0.05, 0.1) is 19.0 Å². The summed E-state index contributed by atoms with van der Waals surface area (Å²) >= 11 is 0. The molecule has 0 spiro atoms. The Morgan fingerprint density at radius 2 is 1.90 bits per heavy atom. The summed E-state index contributed by atoms with van der Waals surface area (Å²) in [6.07, 6.45) is 6.02. The number of anilines is 1. The summed E-state index contributed by atoms with van der Waals surface area (Å²) < 4.78 is 20.0. The number of benzene rings is 2. The van der Waals surface area contributed by atoms with Crippen LogP contribution in [0.3, 0.4) is 0 Å². The average Bonchev–Trinajstić information content (AvgIpc) is 3.22. The third kappa shape index (κ3) is 3.06. The topological polar surface area (TPSA) is 59.9 Å². The van der Waals surface area contributed by atoms with Gasteiger partial charge in [0.2, 0.25) is 0 Å². The van der Waals surface area contributed by atoms with Gasteiger partial charge in [0, 0.05) is 58.0 Å². The van der Waals surface area contributed by atoms with Gasteiger partial charge in [0.15, 0.2) is 0 Å². The molecule has 0 atom stereocenters. The van der Waals surface area contributed by atoms with Crippen molar-refractivity contribution in [2.24, 2.45) is 0 Å². The minimum Gasteiger partial charge on any atom is -0.493 e. The van der Waals surface area contributed by atoms with Crippen LogP contribution >= 0.6 is 0 Å². The van der Waals surface area contributed by atoms with Crippen LogP contribution in [0, 0.1) is 12.7 Å². The number of aryl methyl sites for hydroxylation is 1. The second-order valence-corrected chi connectivity index (χ2v) is 7.07. The lowest BCUT2D eigenvalue weighted by molar-refractivity contribution is 0.356. The van der Waals surface area contributed by atoms with Crippen molar-refractivity contribution >= 4 is 16.5 Å². The first-order chi connectivity index (χ1) is 14.2. The number of ether oxygens (including phenoxy) is 1. The molecule has 1 aliphatic heterocycles. The summed E-state index contributed by atoms with van der Waals surface area (Å²) in [7, 11) is 0. The van der Waals surface area contributed by atoms with E-state index in [-0.39, 0.29) is 5.82 Å². The Morgan fingerprint density at radius 1 is 1.03 bits per heavy atom. The molecule has 0 aliphatic carbocycles. The number of hydrogen-bond donors (Lipinski definition) is 1. The number of aromatic nitrogens is 3. The summed E-state index contributed by atoms with van der Waals surface area (Å²) in [5.41, 5.74) is 5.54. The Kier molecular flexibility index (Phi) is 4.31. The van der Waals surface area contributed by atoms with Crippen LogP contribution in [0.15, 0.2) is 55.0 Å². The zero-order chi connectivity index (χ0) is 19.8. The van der Waals surface area contributed by atoms with E-state index in [0.29, 0.717) is 18.7 Å². The van der Waals surface area contributed by atoms with Crippen molar-refractivity contribution in [3.8, 4) is 16.9 Å². The van der Waals surface area contributed by atoms with Crippen molar-refractivity contribution < 1.29 is 9.13 Å². The van der Waals surface area contributed by atoms with Gasteiger partial charge in [-0.15, -0.1) is 0 Å². The molecule has 5 nitrogen and oxygen atoms in total. The summed E-state index contributed by atoms with van der Waals surface area (Å²) in [4.78, 5) is 4.40. The number of hydrogen-bond acceptors (Lipinski definition) is 5. The highest BCUT2D eigenvalue weighted by atomic mass is 19.1. The number of nitrogens with one attached hydrogen (secondary N) is 1. The van der Waals surface area contributed by atoms with Crippen LogP contribution in [0.4, 0.5) is 10.1 Å². The summed E-state index contributed by atoms with van der Waals surface area (Å²) in [6.45, 7) is 2.97. The van der Waals surface area contributed by atoms with Crippen molar-refractivity contribution in [3.05, 3.63) is 77.6 Å². The Hall–Kier alpha value is -3.54. The molecule has 2 aromatic carbocycles. The first kappa shape index (κ1) is 17.6. The van der Waals surface area contributed by atoms with Crippen LogP contribution in [0.25, 0.3) is 21.9 Å². The van der Waals surface area contributed by atoms with Gasteiger partial charge in [0.1, 0.15) is 11.6 Å². The number of rotatable bonds is 4. The fourth-order valence-corrected chi connectivity index (χ4v) is 3.94. The monoisotopic (exact) mass is 386 g/mol. The molecule has 0 saturated carbocycles. The molecule has 3 heterocycles. The highest BCUT2D eigenvalue weighted by molar-refractivity contribution is 6.02. The van der Waals surface area contributed by atoms with Gasteiger partial charge in [-0.3, -0.25) is 4.98 Å². The van der Waals surface area contributed by atoms with Crippen LogP contribution in [-0.2, 0) is 13.0 Å². The molecule has 144 valence electrons. The predicted octanol–water partition coefficient (Wildman–Crippen LogP) is 4.69. The van der Waals surface area contributed by atoms with E-state index in [2.05, 4.69) is 20.5 Å². The Balaban J connectivity index is 1.54. The summed E-state index contributed by atoms with van der Waals surface area (Å²) in [5.74, 6) is 0.565. The highest BCUT2D eigenvalue weighted by Crippen LogP contribution is 2.35. The van der Waals surface area contributed by atoms with Gasteiger partial charge in [0.25, 0.3) is 0 Å². The van der Waals surface area contributed by atoms with Crippen molar-refractivity contribution in [1.82, 2.24) is 15.2 Å². The fourth-order valence-electron chi connectivity index (χ4n) is 3.94. The number of nitrogens with zero attached hydrogens (tertiary/aromatic N) is 3. The lowest BCUT2D eigenvalue weighted by Crippen LogP contribution is -2.06. The maximum atomic E-state index is 14.5. The Morgan fingerprint density at radius 3 is 2.76 bits per heavy atom. The van der Waals surface area contributed by atoms with E-state index >= 15 is 0 Å². The van der Waals surface area contributed by atoms with Crippen molar-refractivity contribution in [1.29, 1.82) is 0 Å². The number of halogens is 1. The zero-order valence-electron chi connectivity index (χ0n) is 15.9. The minimum absolute atomic E-state index is 0.214. The maximum Gasteiger partial charge on any atom is 0.128 e. The minimum atomic E-state index is -0.214. The molecule has 1 N–H and O–H groups in total. The highest BCUT2D eigenvalue weighted by Gasteiger charge is 2.19. The molecule has 4 aromatic rings. The van der Waals surface area contributed by atoms with Gasteiger partial charge in [-0.1, -0.05) is 12.1 Å². The quantitative estimate of drug-likeness (QED) is 0.552. The van der Waals surface area contributed by atoms with E-state index < -0.39 is 0 Å². The molecule has 2 aromatic heterocycles. The molecule has 0 saturated heterocycles. The van der Waals surface area contributed by atoms with Crippen LogP contribution in [0.5, 0.6) is 5.75 Å². The number of fused-ring (bicyclic) bond motifs is 2. The predicted molar refractivity (Wildman–Crippen MR) is 110 cm³/mol. The molecule has 1 aliphatic rings. The van der Waals surface area contributed by atoms with Gasteiger partial charge in [-0.05, 0) is 36.8 Å². The first-order valence-corrected chi connectivity index (χ1v) is 9.54. The first-order valence-electron chi connectivity index (χ1n) is 9.54. The molecular formula is C23H19FN4O. The standard InChI is InChI=1S/C23H19FN4O/c1-14-15(3-2-9-25-14)16-4-6-22(20-13-28-27-12-18(16)20)26-11-19-17-8-10-29-23(17)7-5-21(19)24/h2-7,9,12-13,26H,8,10-11H2,1H3. The SMILES string of the molecule is Cc1ncccc1-c1ccc(NCc2c(F)ccc3c2CCO3)c2cnncc12. The van der Waals surface area contributed by atoms with Crippen LogP contribution in [0.2, 0.25) is 0 Å². The summed E-state index contributed by atoms with van der Waals surface area (Å²) in [5, 5.41) is 13.4. The second kappa shape index (κ2) is 7.13. The lowest BCUT2D eigenvalue weighted by Gasteiger charge is -2.15. The van der Waals surface area contributed by atoms with Gasteiger partial charge >= 0.3 is 0 Å². The van der Waals surface area contributed by atoms with Crippen molar-refractivity contribution in [2.45, 2.75) is 19.9 Å². The average molecular weight is 386 g/mol. The molecule has 5 rings (SSSR count). The van der Waals surface area contributed by atoms with Gasteiger partial charge in [-0.25, -0.2) is 4.39 Å². The molecule has 0 radical (unpaired) electrons. The molecular weight excluding hydrogens is 367 g/mol. The smallest absolute Gasteiger partial charge is 0.128 e. The zero-order valence-corrected chi connectivity index (χ0v) is 15.9. The van der Waals surface area contributed by atoms with Crippen molar-refractivity contribution in [2.75, 3.05) is 11.9 Å². The van der Waals surface area contributed by atoms with Crippen LogP contribution in [-0.4, -0.2) is 21.8 Å². The van der Waals surface area contributed by atoms with E-state index in [1.807, 2.05) is 31.2 Å². The van der Waals surface area contributed by atoms with Gasteiger partial charge in [-0.2, -0.15) is 10.2 Å². The number of pyridine rings is 1. The molecule has 29 heavy (non-hydrogen) atoms. The van der Waals surface area contributed by atoms with E-state index in [0.717, 1.165) is 51.0 Å². The van der Waals surface area contributed by atoms with Crippen LogP contribution in [0.1, 0.15) is 16.8 Å². The molecule has 0 fully saturated rings. The third-order valence-corrected chi connectivity index (χ3v) is 5.42. The normalized spacial score (nSPS) is 12.6. The van der Waals surface area contributed by atoms with E-state index in [9.17, 15) is 4.39 Å². The Labute approximate surface area is 167 Å². The molecule has 0 unspecified atom stereocenters. The lowest BCUT2D eigenvalue weighted by atomic mass is 9.98. The Bertz CT molecular complexity index is 1220. The third-order valence-electron chi connectivity index (χ3n) is 5.42. The van der Waals surface area contributed by atoms with E-state index in [4.69, 9.17) is 4.74 Å². The van der Waals surface area contributed by atoms with E-state index in [1.165, 1.54) is 6.07 Å². The van der Waals surface area contributed by atoms with E-state index in [1.54, 1.807) is 24.7 Å². The maximum absolute atomic E-state index is 14.5. The van der Waals surface area contributed by atoms with Crippen LogP contribution < -0.4 is 10.1 Å². The van der Waals surface area contributed by atoms with Gasteiger partial charge < -0.3 is 10.1 Å². The molecule has 0 bridgehead atoms. The second-order valence-electron chi connectivity index (χ2n) is 7.07. The largest absolute Gasteiger partial charge is 0.493 e. The fraction of sp³-hybridized carbons (Fsp3) is 0.174. The molecule has 6 heteroatoms.